The summed E-state index contributed by atoms with van der Waals surface area (Å²) in [4.78, 5) is 22.2. The summed E-state index contributed by atoms with van der Waals surface area (Å²) in [6, 6.07) is 8.41. The number of esters is 1. The molecule has 5 nitrogen and oxygen atoms in total. The Bertz CT molecular complexity index is 733. The van der Waals surface area contributed by atoms with E-state index in [1.54, 1.807) is 6.07 Å². The Morgan fingerprint density at radius 1 is 1.18 bits per heavy atom. The van der Waals surface area contributed by atoms with Gasteiger partial charge in [-0.15, -0.1) is 0 Å². The third-order valence-corrected chi connectivity index (χ3v) is 3.01. The van der Waals surface area contributed by atoms with Crippen molar-refractivity contribution in [3.8, 4) is 0 Å². The van der Waals surface area contributed by atoms with E-state index in [9.17, 15) is 23.7 Å². The van der Waals surface area contributed by atoms with E-state index in [1.165, 1.54) is 25.1 Å². The van der Waals surface area contributed by atoms with Gasteiger partial charge in [-0.3, -0.25) is 10.1 Å². The van der Waals surface area contributed by atoms with Gasteiger partial charge in [0, 0.05) is 6.07 Å². The zero-order chi connectivity index (χ0) is 16.3. The molecule has 0 aliphatic carbocycles. The molecular formula is C15H11F2NO4. The van der Waals surface area contributed by atoms with Crippen LogP contribution in [-0.2, 0) is 4.74 Å². The van der Waals surface area contributed by atoms with Gasteiger partial charge in [0.25, 0.3) is 5.69 Å². The highest BCUT2D eigenvalue weighted by Crippen LogP contribution is 2.27. The largest absolute Gasteiger partial charge is 0.454 e. The van der Waals surface area contributed by atoms with Crippen LogP contribution in [0.3, 0.4) is 0 Å². The molecule has 0 fully saturated rings. The Kier molecular flexibility index (Phi) is 4.45. The van der Waals surface area contributed by atoms with Crippen LogP contribution in [0.4, 0.5) is 14.5 Å². The van der Waals surface area contributed by atoms with Crippen molar-refractivity contribution in [1.29, 1.82) is 0 Å². The smallest absolute Gasteiger partial charge is 0.338 e. The highest BCUT2D eigenvalue weighted by molar-refractivity contribution is 5.89. The predicted molar refractivity (Wildman–Crippen MR) is 73.3 cm³/mol. The van der Waals surface area contributed by atoms with E-state index >= 15 is 0 Å². The molecule has 0 aromatic heterocycles. The number of nitrogens with zero attached hydrogens (tertiary/aromatic N) is 1. The molecule has 2 aromatic carbocycles. The maximum Gasteiger partial charge on any atom is 0.338 e. The number of benzene rings is 2. The first-order valence-electron chi connectivity index (χ1n) is 6.29. The Morgan fingerprint density at radius 3 is 2.50 bits per heavy atom. The average molecular weight is 307 g/mol. The number of hydrogen-bond acceptors (Lipinski definition) is 4. The molecule has 0 N–H and O–H groups in total. The minimum absolute atomic E-state index is 0.177. The van der Waals surface area contributed by atoms with Crippen LogP contribution in [0.5, 0.6) is 0 Å². The summed E-state index contributed by atoms with van der Waals surface area (Å²) in [6.45, 7) is 1.46. The van der Waals surface area contributed by atoms with Gasteiger partial charge in [-0.05, 0) is 31.2 Å². The summed E-state index contributed by atoms with van der Waals surface area (Å²) >= 11 is 0. The molecule has 0 aliphatic rings. The summed E-state index contributed by atoms with van der Waals surface area (Å²) in [5.74, 6) is -3.15. The lowest BCUT2D eigenvalue weighted by Gasteiger charge is -2.13. The molecule has 7 heteroatoms. The first kappa shape index (κ1) is 15.6. The zero-order valence-electron chi connectivity index (χ0n) is 11.5. The summed E-state index contributed by atoms with van der Waals surface area (Å²) in [5.41, 5.74) is -0.152. The molecule has 1 atom stereocenters. The van der Waals surface area contributed by atoms with Gasteiger partial charge in [-0.25, -0.2) is 13.6 Å². The second-order valence-electron chi connectivity index (χ2n) is 4.49. The second-order valence-corrected chi connectivity index (χ2v) is 4.49. The molecule has 0 spiro atoms. The lowest BCUT2D eigenvalue weighted by Crippen LogP contribution is -2.11. The van der Waals surface area contributed by atoms with Crippen LogP contribution in [-0.4, -0.2) is 10.9 Å². The SMILES string of the molecule is CC(OC(=O)c1ccc(F)c(F)c1)c1ccccc1[N+](=O)[O-]. The fourth-order valence-electron chi connectivity index (χ4n) is 1.91. The van der Waals surface area contributed by atoms with Gasteiger partial charge in [0.2, 0.25) is 0 Å². The minimum atomic E-state index is -1.17. The number of carbonyl (C=O) groups excluding carboxylic acids is 1. The number of halogens is 2. The van der Waals surface area contributed by atoms with E-state index in [0.717, 1.165) is 12.1 Å². The Labute approximate surface area is 124 Å². The fraction of sp³-hybridized carbons (Fsp3) is 0.133. The van der Waals surface area contributed by atoms with Gasteiger partial charge in [0.05, 0.1) is 16.1 Å². The molecule has 0 aliphatic heterocycles. The first-order valence-corrected chi connectivity index (χ1v) is 6.29. The molecule has 0 saturated heterocycles. The predicted octanol–water partition coefficient (Wildman–Crippen LogP) is 3.79. The normalized spacial score (nSPS) is 11.8. The maximum absolute atomic E-state index is 13.1. The number of carbonyl (C=O) groups is 1. The Morgan fingerprint density at radius 2 is 1.86 bits per heavy atom. The van der Waals surface area contributed by atoms with Crippen molar-refractivity contribution in [1.82, 2.24) is 0 Å². The van der Waals surface area contributed by atoms with E-state index in [2.05, 4.69) is 0 Å². The number of rotatable bonds is 4. The van der Waals surface area contributed by atoms with Gasteiger partial charge >= 0.3 is 5.97 Å². The Hall–Kier alpha value is -2.83. The van der Waals surface area contributed by atoms with Gasteiger partial charge in [0.15, 0.2) is 11.6 Å². The topological polar surface area (TPSA) is 69.4 Å². The van der Waals surface area contributed by atoms with E-state index in [-0.39, 0.29) is 16.8 Å². The lowest BCUT2D eigenvalue weighted by molar-refractivity contribution is -0.386. The third-order valence-electron chi connectivity index (χ3n) is 3.01. The van der Waals surface area contributed by atoms with Crippen molar-refractivity contribution >= 4 is 11.7 Å². The van der Waals surface area contributed by atoms with Crippen molar-refractivity contribution in [3.05, 3.63) is 75.3 Å². The van der Waals surface area contributed by atoms with Crippen molar-refractivity contribution in [2.45, 2.75) is 13.0 Å². The molecule has 2 rings (SSSR count). The van der Waals surface area contributed by atoms with Crippen LogP contribution in [0.25, 0.3) is 0 Å². The monoisotopic (exact) mass is 307 g/mol. The van der Waals surface area contributed by atoms with Crippen molar-refractivity contribution in [2.24, 2.45) is 0 Å². The number of para-hydroxylation sites is 1. The summed E-state index contributed by atoms with van der Waals surface area (Å²) < 4.78 is 31.0. The molecule has 0 radical (unpaired) electrons. The highest BCUT2D eigenvalue weighted by atomic mass is 19.2. The number of hydrogen-bond donors (Lipinski definition) is 0. The van der Waals surface area contributed by atoms with Crippen LogP contribution < -0.4 is 0 Å². The molecule has 2 aromatic rings. The summed E-state index contributed by atoms with van der Waals surface area (Å²) in [5, 5.41) is 10.9. The minimum Gasteiger partial charge on any atom is -0.454 e. The van der Waals surface area contributed by atoms with E-state index in [1.807, 2.05) is 0 Å². The van der Waals surface area contributed by atoms with Crippen molar-refractivity contribution in [3.63, 3.8) is 0 Å². The van der Waals surface area contributed by atoms with E-state index in [0.29, 0.717) is 6.07 Å². The van der Waals surface area contributed by atoms with Gasteiger partial charge in [-0.1, -0.05) is 12.1 Å². The van der Waals surface area contributed by atoms with Gasteiger partial charge < -0.3 is 4.74 Å². The number of nitro groups is 1. The third kappa shape index (κ3) is 3.25. The number of nitro benzene ring substituents is 1. The molecule has 0 bridgehead atoms. The lowest BCUT2D eigenvalue weighted by atomic mass is 10.1. The molecule has 1 unspecified atom stereocenters. The van der Waals surface area contributed by atoms with Crippen LogP contribution >= 0.6 is 0 Å². The Balaban J connectivity index is 2.21. The molecule has 22 heavy (non-hydrogen) atoms. The summed E-state index contributed by atoms with van der Waals surface area (Å²) in [7, 11) is 0. The zero-order valence-corrected chi connectivity index (χ0v) is 11.5. The van der Waals surface area contributed by atoms with Gasteiger partial charge in [-0.2, -0.15) is 0 Å². The highest BCUT2D eigenvalue weighted by Gasteiger charge is 2.22. The first-order chi connectivity index (χ1) is 10.4. The van der Waals surface area contributed by atoms with E-state index < -0.39 is 28.6 Å². The molecule has 114 valence electrons. The second kappa shape index (κ2) is 6.30. The summed E-state index contributed by atoms with van der Waals surface area (Å²) in [6.07, 6.45) is -0.915. The quantitative estimate of drug-likeness (QED) is 0.489. The molecule has 0 saturated carbocycles. The van der Waals surface area contributed by atoms with Crippen LogP contribution in [0.15, 0.2) is 42.5 Å². The maximum atomic E-state index is 13.1. The molecular weight excluding hydrogens is 296 g/mol. The van der Waals surface area contributed by atoms with Crippen LogP contribution in [0, 0.1) is 21.7 Å². The fourth-order valence-corrected chi connectivity index (χ4v) is 1.91. The average Bonchev–Trinajstić information content (AvgIpc) is 2.49. The van der Waals surface area contributed by atoms with Crippen LogP contribution in [0.1, 0.15) is 28.9 Å². The van der Waals surface area contributed by atoms with Crippen LogP contribution in [0.2, 0.25) is 0 Å². The molecule has 0 amide bonds. The molecule has 0 heterocycles. The van der Waals surface area contributed by atoms with Crippen molar-refractivity contribution in [2.75, 3.05) is 0 Å². The van der Waals surface area contributed by atoms with Gasteiger partial charge in [0.1, 0.15) is 6.10 Å². The van der Waals surface area contributed by atoms with Crippen molar-refractivity contribution < 1.29 is 23.2 Å². The number of ether oxygens (including phenoxy) is 1. The standard InChI is InChI=1S/C15H11F2NO4/c1-9(11-4-2-3-5-14(11)18(20)21)22-15(19)10-6-7-12(16)13(17)8-10/h2-9H,1H3. The van der Waals surface area contributed by atoms with E-state index in [4.69, 9.17) is 4.74 Å².